The van der Waals surface area contributed by atoms with Gasteiger partial charge in [-0.25, -0.2) is 0 Å². The highest BCUT2D eigenvalue weighted by Crippen LogP contribution is 2.43. The van der Waals surface area contributed by atoms with Crippen molar-refractivity contribution in [1.29, 1.82) is 0 Å². The summed E-state index contributed by atoms with van der Waals surface area (Å²) in [6.07, 6.45) is 9.57. The van der Waals surface area contributed by atoms with E-state index in [0.29, 0.717) is 11.8 Å². The predicted molar refractivity (Wildman–Crippen MR) is 79.4 cm³/mol. The van der Waals surface area contributed by atoms with E-state index in [1.807, 2.05) is 4.90 Å². The first-order valence-corrected chi connectivity index (χ1v) is 8.22. The molecule has 3 aliphatic rings. The monoisotopic (exact) mass is 291 g/mol. The lowest BCUT2D eigenvalue weighted by atomic mass is 9.94. The number of carbonyl (C=O) groups is 2. The van der Waals surface area contributed by atoms with Gasteiger partial charge < -0.3 is 9.64 Å². The minimum absolute atomic E-state index is 0.0241. The third-order valence-electron chi connectivity index (χ3n) is 5.40. The van der Waals surface area contributed by atoms with Gasteiger partial charge in [0.15, 0.2) is 6.61 Å². The zero-order chi connectivity index (χ0) is 15.0. The molecule has 1 saturated heterocycles. The van der Waals surface area contributed by atoms with Crippen molar-refractivity contribution in [1.82, 2.24) is 4.90 Å². The molecule has 0 aromatic carbocycles. The van der Waals surface area contributed by atoms with Crippen molar-refractivity contribution in [3.63, 3.8) is 0 Å². The van der Waals surface area contributed by atoms with E-state index in [0.717, 1.165) is 25.7 Å². The molecule has 1 heterocycles. The maximum Gasteiger partial charge on any atom is 0.310 e. The molecular weight excluding hydrogens is 266 g/mol. The quantitative estimate of drug-likeness (QED) is 0.593. The lowest BCUT2D eigenvalue weighted by Gasteiger charge is -2.39. The molecule has 1 amide bonds. The predicted octanol–water partition coefficient (Wildman–Crippen LogP) is 2.53. The van der Waals surface area contributed by atoms with E-state index >= 15 is 0 Å². The van der Waals surface area contributed by atoms with Gasteiger partial charge in [-0.15, -0.1) is 0 Å². The van der Waals surface area contributed by atoms with Crippen molar-refractivity contribution in [2.24, 2.45) is 17.8 Å². The van der Waals surface area contributed by atoms with Gasteiger partial charge in [-0.05, 0) is 57.8 Å². The van der Waals surface area contributed by atoms with Gasteiger partial charge in [-0.1, -0.05) is 12.2 Å². The second kappa shape index (κ2) is 5.82. The summed E-state index contributed by atoms with van der Waals surface area (Å²) < 4.78 is 5.33. The van der Waals surface area contributed by atoms with Gasteiger partial charge in [-0.2, -0.15) is 0 Å². The number of hydrogen-bond acceptors (Lipinski definition) is 3. The van der Waals surface area contributed by atoms with Crippen LogP contribution in [0.3, 0.4) is 0 Å². The third kappa shape index (κ3) is 2.85. The average molecular weight is 291 g/mol. The fourth-order valence-electron chi connectivity index (χ4n) is 4.28. The van der Waals surface area contributed by atoms with Crippen LogP contribution in [0.4, 0.5) is 0 Å². The van der Waals surface area contributed by atoms with Crippen LogP contribution in [-0.2, 0) is 14.3 Å². The Bertz CT molecular complexity index is 449. The van der Waals surface area contributed by atoms with Crippen LogP contribution in [0.25, 0.3) is 0 Å². The lowest BCUT2D eigenvalue weighted by molar-refractivity contribution is -0.158. The van der Waals surface area contributed by atoms with Crippen LogP contribution in [-0.4, -0.2) is 35.5 Å². The zero-order valence-corrected chi connectivity index (χ0v) is 13.0. The van der Waals surface area contributed by atoms with Gasteiger partial charge in [0.05, 0.1) is 5.92 Å². The average Bonchev–Trinajstić information content (AvgIpc) is 3.07. The van der Waals surface area contributed by atoms with Gasteiger partial charge in [0, 0.05) is 12.1 Å². The number of hydrogen-bond donors (Lipinski definition) is 0. The minimum Gasteiger partial charge on any atom is -0.455 e. The van der Waals surface area contributed by atoms with Gasteiger partial charge in [0.25, 0.3) is 5.91 Å². The summed E-state index contributed by atoms with van der Waals surface area (Å²) in [4.78, 5) is 26.4. The summed E-state index contributed by atoms with van der Waals surface area (Å²) in [5.74, 6) is 0.638. The summed E-state index contributed by atoms with van der Waals surface area (Å²) in [6.45, 7) is 4.07. The van der Waals surface area contributed by atoms with E-state index in [-0.39, 0.29) is 36.5 Å². The highest BCUT2D eigenvalue weighted by atomic mass is 16.5. The molecule has 1 aliphatic heterocycles. The Morgan fingerprint density at radius 1 is 1.14 bits per heavy atom. The molecule has 4 heteroatoms. The van der Waals surface area contributed by atoms with Crippen molar-refractivity contribution in [3.05, 3.63) is 12.2 Å². The normalized spacial score (nSPS) is 37.8. The van der Waals surface area contributed by atoms with Crippen molar-refractivity contribution < 1.29 is 14.3 Å². The first-order chi connectivity index (χ1) is 10.1. The molecule has 2 fully saturated rings. The zero-order valence-electron chi connectivity index (χ0n) is 13.0. The number of fused-ring (bicyclic) bond motifs is 2. The first kappa shape index (κ1) is 14.6. The van der Waals surface area contributed by atoms with Crippen LogP contribution >= 0.6 is 0 Å². The molecule has 5 atom stereocenters. The molecule has 0 radical (unpaired) electrons. The van der Waals surface area contributed by atoms with E-state index in [9.17, 15) is 9.59 Å². The molecular formula is C17H25NO3. The molecule has 0 N–H and O–H groups in total. The molecule has 0 aromatic rings. The number of carbonyl (C=O) groups excluding carboxylic acids is 2. The minimum atomic E-state index is -0.183. The number of amides is 1. The fourth-order valence-corrected chi connectivity index (χ4v) is 4.28. The Kier molecular flexibility index (Phi) is 4.05. The van der Waals surface area contributed by atoms with Crippen LogP contribution in [0.1, 0.15) is 46.0 Å². The lowest BCUT2D eigenvalue weighted by Crippen LogP contribution is -2.49. The van der Waals surface area contributed by atoms with Crippen LogP contribution < -0.4 is 0 Å². The number of rotatable bonds is 3. The summed E-state index contributed by atoms with van der Waals surface area (Å²) in [5.41, 5.74) is 0. The Labute approximate surface area is 126 Å². The van der Waals surface area contributed by atoms with Gasteiger partial charge in [-0.3, -0.25) is 9.59 Å². The molecule has 116 valence electrons. The highest BCUT2D eigenvalue weighted by Gasteiger charge is 2.41. The van der Waals surface area contributed by atoms with Gasteiger partial charge in [0.2, 0.25) is 0 Å². The first-order valence-electron chi connectivity index (χ1n) is 8.22. The molecule has 0 spiro atoms. The topological polar surface area (TPSA) is 46.6 Å². The standard InChI is InChI=1S/C17H25NO3/c1-11-4-3-5-12(2)18(11)16(19)10-21-17(20)15-9-13-6-7-14(15)8-13/h6-7,11-15H,3-5,8-10H2,1-2H3/t11-,12+,13-,14+,15+/m1/s1. The number of likely N-dealkylation sites (tertiary alicyclic amines) is 1. The number of ether oxygens (including phenoxy) is 1. The van der Waals surface area contributed by atoms with E-state index in [4.69, 9.17) is 4.74 Å². The molecule has 2 aliphatic carbocycles. The SMILES string of the molecule is C[C@@H]1CCC[C@H](C)N1C(=O)COC(=O)[C@H]1C[C@@H]2C=C[C@H]1C2. The summed E-state index contributed by atoms with van der Waals surface area (Å²) in [5, 5.41) is 0. The van der Waals surface area contributed by atoms with Crippen LogP contribution in [0, 0.1) is 17.8 Å². The molecule has 3 rings (SSSR count). The van der Waals surface area contributed by atoms with Crippen LogP contribution in [0.5, 0.6) is 0 Å². The molecule has 0 unspecified atom stereocenters. The largest absolute Gasteiger partial charge is 0.455 e. The summed E-state index contributed by atoms with van der Waals surface area (Å²) in [7, 11) is 0. The molecule has 2 bridgehead atoms. The van der Waals surface area contributed by atoms with E-state index in [2.05, 4.69) is 26.0 Å². The second-order valence-electron chi connectivity index (χ2n) is 6.92. The van der Waals surface area contributed by atoms with E-state index in [1.54, 1.807) is 0 Å². The number of piperidine rings is 1. The van der Waals surface area contributed by atoms with Crippen molar-refractivity contribution in [3.8, 4) is 0 Å². The van der Waals surface area contributed by atoms with Crippen LogP contribution in [0.15, 0.2) is 12.2 Å². The summed E-state index contributed by atoms with van der Waals surface area (Å²) in [6, 6.07) is 0.510. The third-order valence-corrected chi connectivity index (χ3v) is 5.40. The molecule has 4 nitrogen and oxygen atoms in total. The highest BCUT2D eigenvalue weighted by molar-refractivity contribution is 5.82. The second-order valence-corrected chi connectivity index (χ2v) is 6.92. The van der Waals surface area contributed by atoms with Crippen molar-refractivity contribution >= 4 is 11.9 Å². The van der Waals surface area contributed by atoms with Gasteiger partial charge >= 0.3 is 5.97 Å². The Morgan fingerprint density at radius 2 is 1.86 bits per heavy atom. The molecule has 1 saturated carbocycles. The fraction of sp³-hybridized carbons (Fsp3) is 0.765. The number of esters is 1. The number of nitrogens with zero attached hydrogens (tertiary/aromatic N) is 1. The molecule has 21 heavy (non-hydrogen) atoms. The van der Waals surface area contributed by atoms with Gasteiger partial charge in [0.1, 0.15) is 0 Å². The van der Waals surface area contributed by atoms with Crippen LogP contribution in [0.2, 0.25) is 0 Å². The summed E-state index contributed by atoms with van der Waals surface area (Å²) >= 11 is 0. The smallest absolute Gasteiger partial charge is 0.310 e. The number of allylic oxidation sites excluding steroid dienone is 2. The maximum absolute atomic E-state index is 12.3. The van der Waals surface area contributed by atoms with E-state index in [1.165, 1.54) is 6.42 Å². The van der Waals surface area contributed by atoms with Crippen molar-refractivity contribution in [2.75, 3.05) is 6.61 Å². The maximum atomic E-state index is 12.3. The Morgan fingerprint density at radius 3 is 2.43 bits per heavy atom. The molecule has 0 aromatic heterocycles. The Hall–Kier alpha value is -1.32. The van der Waals surface area contributed by atoms with Crippen molar-refractivity contribution in [2.45, 2.75) is 58.0 Å². The Balaban J connectivity index is 1.51. The van der Waals surface area contributed by atoms with E-state index < -0.39 is 0 Å².